The van der Waals surface area contributed by atoms with Gasteiger partial charge in [0.15, 0.2) is 0 Å². The lowest BCUT2D eigenvalue weighted by Gasteiger charge is -2.34. The molecule has 4 nitrogen and oxygen atoms in total. The second-order valence-corrected chi connectivity index (χ2v) is 5.86. The van der Waals surface area contributed by atoms with Crippen LogP contribution in [0.15, 0.2) is 0 Å². The lowest BCUT2D eigenvalue weighted by molar-refractivity contribution is -0.161. The Kier molecular flexibility index (Phi) is 6.07. The normalized spacial score (nSPS) is 35.6. The number of aliphatic hydroxyl groups excluding tert-OH is 3. The van der Waals surface area contributed by atoms with Gasteiger partial charge < -0.3 is 20.1 Å². The molecule has 0 saturated carbocycles. The van der Waals surface area contributed by atoms with Crippen molar-refractivity contribution in [2.75, 3.05) is 12.4 Å². The van der Waals surface area contributed by atoms with E-state index in [4.69, 9.17) is 4.74 Å². The number of aliphatic hydroxyl groups is 3. The Labute approximate surface area is 101 Å². The molecule has 0 aliphatic carbocycles. The smallest absolute Gasteiger partial charge is 0.131 e. The average molecular weight is 250 g/mol. The lowest BCUT2D eigenvalue weighted by Crippen LogP contribution is -2.51. The second-order valence-electron chi connectivity index (χ2n) is 4.66. The predicted octanol–water partition coefficient (Wildman–Crippen LogP) is 0.595. The van der Waals surface area contributed by atoms with Gasteiger partial charge in [-0.1, -0.05) is 20.3 Å². The summed E-state index contributed by atoms with van der Waals surface area (Å²) in [6.07, 6.45) is -0.819. The van der Waals surface area contributed by atoms with E-state index in [2.05, 4.69) is 13.8 Å². The standard InChI is InChI=1S/C11H22O4S/c1-7(2)4-3-5-16-11-10(14)9(13)8(12)6-15-11/h7-14H,3-6H2,1-2H3/t8-,9+,10-,11+/m1/s1. The molecular formula is C11H22O4S. The van der Waals surface area contributed by atoms with Crippen molar-refractivity contribution in [1.29, 1.82) is 0 Å². The molecular weight excluding hydrogens is 228 g/mol. The van der Waals surface area contributed by atoms with E-state index in [-0.39, 0.29) is 6.61 Å². The SMILES string of the molecule is CC(C)CCCS[C@@H]1OC[C@@H](O)[C@H](O)[C@H]1O. The number of rotatable bonds is 5. The number of thioether (sulfide) groups is 1. The van der Waals surface area contributed by atoms with Crippen LogP contribution < -0.4 is 0 Å². The molecule has 0 radical (unpaired) electrons. The molecule has 4 atom stereocenters. The van der Waals surface area contributed by atoms with Crippen molar-refractivity contribution in [3.8, 4) is 0 Å². The molecule has 1 aliphatic rings. The van der Waals surface area contributed by atoms with Crippen LogP contribution in [-0.2, 0) is 4.74 Å². The van der Waals surface area contributed by atoms with Crippen molar-refractivity contribution in [2.24, 2.45) is 5.92 Å². The van der Waals surface area contributed by atoms with Crippen LogP contribution in [0.3, 0.4) is 0 Å². The van der Waals surface area contributed by atoms with Crippen LogP contribution in [0, 0.1) is 5.92 Å². The molecule has 16 heavy (non-hydrogen) atoms. The minimum absolute atomic E-state index is 0.0973. The number of hydrogen-bond donors (Lipinski definition) is 3. The summed E-state index contributed by atoms with van der Waals surface area (Å²) in [6, 6.07) is 0. The van der Waals surface area contributed by atoms with Crippen molar-refractivity contribution >= 4 is 11.8 Å². The summed E-state index contributed by atoms with van der Waals surface area (Å²) in [4.78, 5) is 0. The molecule has 1 fully saturated rings. The lowest BCUT2D eigenvalue weighted by atomic mass is 10.1. The van der Waals surface area contributed by atoms with Gasteiger partial charge in [0.25, 0.3) is 0 Å². The van der Waals surface area contributed by atoms with Crippen LogP contribution >= 0.6 is 11.8 Å². The van der Waals surface area contributed by atoms with Gasteiger partial charge in [0.2, 0.25) is 0 Å². The van der Waals surface area contributed by atoms with Crippen molar-refractivity contribution in [3.05, 3.63) is 0 Å². The number of ether oxygens (including phenoxy) is 1. The van der Waals surface area contributed by atoms with Crippen LogP contribution in [0.4, 0.5) is 0 Å². The molecule has 0 amide bonds. The highest BCUT2D eigenvalue weighted by molar-refractivity contribution is 7.99. The summed E-state index contributed by atoms with van der Waals surface area (Å²) in [5.41, 5.74) is -0.412. The van der Waals surface area contributed by atoms with E-state index in [9.17, 15) is 15.3 Å². The molecule has 1 aliphatic heterocycles. The average Bonchev–Trinajstić information content (AvgIpc) is 2.23. The quantitative estimate of drug-likeness (QED) is 0.623. The molecule has 1 heterocycles. The van der Waals surface area contributed by atoms with Crippen molar-refractivity contribution < 1.29 is 20.1 Å². The van der Waals surface area contributed by atoms with Gasteiger partial charge in [0.05, 0.1) is 6.61 Å². The van der Waals surface area contributed by atoms with E-state index in [0.717, 1.165) is 18.6 Å². The first-order valence-corrected chi connectivity index (χ1v) is 6.84. The van der Waals surface area contributed by atoms with Crippen LogP contribution in [0.25, 0.3) is 0 Å². The maximum atomic E-state index is 9.66. The predicted molar refractivity (Wildman–Crippen MR) is 64.3 cm³/mol. The van der Waals surface area contributed by atoms with Gasteiger partial charge in [-0.25, -0.2) is 0 Å². The fraction of sp³-hybridized carbons (Fsp3) is 1.00. The Morgan fingerprint density at radius 1 is 1.25 bits per heavy atom. The zero-order chi connectivity index (χ0) is 12.1. The third-order valence-corrected chi connectivity index (χ3v) is 3.93. The first-order chi connectivity index (χ1) is 7.52. The maximum Gasteiger partial charge on any atom is 0.131 e. The summed E-state index contributed by atoms with van der Waals surface area (Å²) in [5, 5.41) is 28.4. The second kappa shape index (κ2) is 6.81. The molecule has 0 spiro atoms. The molecule has 0 bridgehead atoms. The monoisotopic (exact) mass is 250 g/mol. The van der Waals surface area contributed by atoms with Crippen molar-refractivity contribution in [1.82, 2.24) is 0 Å². The van der Waals surface area contributed by atoms with Crippen LogP contribution in [0.2, 0.25) is 0 Å². The van der Waals surface area contributed by atoms with E-state index in [1.165, 1.54) is 11.8 Å². The van der Waals surface area contributed by atoms with E-state index < -0.39 is 23.7 Å². The molecule has 0 unspecified atom stereocenters. The fourth-order valence-corrected chi connectivity index (χ4v) is 2.72. The summed E-state index contributed by atoms with van der Waals surface area (Å²) in [5.74, 6) is 1.59. The van der Waals surface area contributed by atoms with E-state index >= 15 is 0 Å². The zero-order valence-electron chi connectivity index (χ0n) is 9.87. The minimum atomic E-state index is -1.09. The van der Waals surface area contributed by atoms with Gasteiger partial charge in [-0.3, -0.25) is 0 Å². The first-order valence-electron chi connectivity index (χ1n) is 5.79. The van der Waals surface area contributed by atoms with Crippen LogP contribution in [0.5, 0.6) is 0 Å². The van der Waals surface area contributed by atoms with Crippen molar-refractivity contribution in [2.45, 2.75) is 50.4 Å². The largest absolute Gasteiger partial charge is 0.388 e. The third-order valence-electron chi connectivity index (χ3n) is 2.66. The summed E-state index contributed by atoms with van der Waals surface area (Å²) >= 11 is 1.51. The van der Waals surface area contributed by atoms with Gasteiger partial charge in [-0.05, 0) is 18.1 Å². The van der Waals surface area contributed by atoms with Gasteiger partial charge in [-0.15, -0.1) is 11.8 Å². The highest BCUT2D eigenvalue weighted by atomic mass is 32.2. The zero-order valence-corrected chi connectivity index (χ0v) is 10.7. The molecule has 1 rings (SSSR count). The Balaban J connectivity index is 2.21. The van der Waals surface area contributed by atoms with E-state index in [1.54, 1.807) is 0 Å². The van der Waals surface area contributed by atoms with Gasteiger partial charge in [0, 0.05) is 0 Å². The van der Waals surface area contributed by atoms with Crippen LogP contribution in [-0.4, -0.2) is 51.4 Å². The number of hydrogen-bond acceptors (Lipinski definition) is 5. The highest BCUT2D eigenvalue weighted by Gasteiger charge is 2.37. The summed E-state index contributed by atoms with van der Waals surface area (Å²) < 4.78 is 5.28. The Morgan fingerprint density at radius 2 is 1.94 bits per heavy atom. The Morgan fingerprint density at radius 3 is 2.56 bits per heavy atom. The van der Waals surface area contributed by atoms with E-state index in [1.807, 2.05) is 0 Å². The molecule has 0 aromatic heterocycles. The maximum absolute atomic E-state index is 9.66. The topological polar surface area (TPSA) is 69.9 Å². The minimum Gasteiger partial charge on any atom is -0.388 e. The summed E-state index contributed by atoms with van der Waals surface area (Å²) in [6.45, 7) is 4.45. The third kappa shape index (κ3) is 4.22. The highest BCUT2D eigenvalue weighted by Crippen LogP contribution is 2.25. The van der Waals surface area contributed by atoms with E-state index in [0.29, 0.717) is 5.92 Å². The fourth-order valence-electron chi connectivity index (χ4n) is 1.62. The molecule has 0 aromatic carbocycles. The molecule has 0 aromatic rings. The first kappa shape index (κ1) is 14.3. The molecule has 3 N–H and O–H groups in total. The Bertz CT molecular complexity index is 200. The molecule has 1 saturated heterocycles. The van der Waals surface area contributed by atoms with Gasteiger partial charge in [0.1, 0.15) is 23.7 Å². The Hall–Kier alpha value is 0.190. The van der Waals surface area contributed by atoms with Gasteiger partial charge in [-0.2, -0.15) is 0 Å². The molecule has 96 valence electrons. The molecule has 5 heteroatoms. The summed E-state index contributed by atoms with van der Waals surface area (Å²) in [7, 11) is 0. The van der Waals surface area contributed by atoms with Crippen molar-refractivity contribution in [3.63, 3.8) is 0 Å². The van der Waals surface area contributed by atoms with Gasteiger partial charge >= 0.3 is 0 Å². The van der Waals surface area contributed by atoms with Crippen LogP contribution in [0.1, 0.15) is 26.7 Å².